The maximum absolute atomic E-state index is 13.7. The minimum atomic E-state index is -0.941. The molecule has 2 N–H and O–H groups in total. The Hall–Kier alpha value is -3.70. The van der Waals surface area contributed by atoms with Crippen molar-refractivity contribution >= 4 is 46.4 Å². The van der Waals surface area contributed by atoms with Gasteiger partial charge in [0.15, 0.2) is 17.3 Å². The number of halogens is 4. The number of phenolic OH excluding ortho intramolecular Hbond substituents is 1. The summed E-state index contributed by atoms with van der Waals surface area (Å²) in [5, 5.41) is 13.5. The van der Waals surface area contributed by atoms with Crippen LogP contribution in [0.25, 0.3) is 22.6 Å². The van der Waals surface area contributed by atoms with Crippen LogP contribution in [0.15, 0.2) is 36.5 Å². The van der Waals surface area contributed by atoms with Crippen LogP contribution in [0.5, 0.6) is 5.75 Å². The number of nitrogens with one attached hydrogen (secondary N) is 1. The number of hydrogen-bond donors (Lipinski definition) is 2. The van der Waals surface area contributed by atoms with Gasteiger partial charge in [-0.25, -0.2) is 23.5 Å². The molecule has 5 rings (SSSR count). The summed E-state index contributed by atoms with van der Waals surface area (Å²) in [7, 11) is 0. The molecule has 42 heavy (non-hydrogen) atoms. The molecule has 0 saturated carbocycles. The Balaban J connectivity index is 1.49. The van der Waals surface area contributed by atoms with Crippen LogP contribution in [-0.4, -0.2) is 54.3 Å². The lowest BCUT2D eigenvalue weighted by Crippen LogP contribution is -2.43. The quantitative estimate of drug-likeness (QED) is 0.239. The van der Waals surface area contributed by atoms with Gasteiger partial charge >= 0.3 is 6.09 Å². The highest BCUT2D eigenvalue weighted by Gasteiger charge is 2.30. The Morgan fingerprint density at radius 3 is 2.57 bits per heavy atom. The van der Waals surface area contributed by atoms with Crippen LogP contribution in [0.1, 0.15) is 39.2 Å². The van der Waals surface area contributed by atoms with E-state index in [2.05, 4.69) is 10.3 Å². The average Bonchev–Trinajstić information content (AvgIpc) is 3.25. The second-order valence-corrected chi connectivity index (χ2v) is 12.1. The van der Waals surface area contributed by atoms with E-state index in [9.17, 15) is 18.7 Å². The van der Waals surface area contributed by atoms with Crippen molar-refractivity contribution in [3.05, 3.63) is 63.8 Å². The van der Waals surface area contributed by atoms with Gasteiger partial charge in [-0.3, -0.25) is 0 Å². The molecule has 1 unspecified atom stereocenters. The van der Waals surface area contributed by atoms with Crippen molar-refractivity contribution in [3.63, 3.8) is 0 Å². The normalized spacial score (nSPS) is 15.7. The van der Waals surface area contributed by atoms with Crippen LogP contribution in [0.2, 0.25) is 10.0 Å². The molecule has 1 atom stereocenters. The number of fused-ring (bicyclic) bond motifs is 1. The number of carbonyl (C=O) groups excluding carboxylic acids is 1. The molecule has 3 heterocycles. The molecule has 0 aliphatic carbocycles. The second-order valence-electron chi connectivity index (χ2n) is 11.3. The Kier molecular flexibility index (Phi) is 8.43. The Morgan fingerprint density at radius 1 is 1.14 bits per heavy atom. The molecule has 1 fully saturated rings. The van der Waals surface area contributed by atoms with E-state index >= 15 is 0 Å². The molecule has 0 bridgehead atoms. The minimum Gasteiger partial charge on any atom is -0.508 e. The minimum absolute atomic E-state index is 0.0330. The molecule has 222 valence electrons. The topological polar surface area (TPSA) is 105 Å². The van der Waals surface area contributed by atoms with Gasteiger partial charge in [-0.2, -0.15) is 4.98 Å². The third-order valence-electron chi connectivity index (χ3n) is 6.78. The molecule has 2 aromatic heterocycles. The van der Waals surface area contributed by atoms with Crippen molar-refractivity contribution in [1.82, 2.24) is 24.4 Å². The number of ether oxygens (including phenoxy) is 1. The summed E-state index contributed by atoms with van der Waals surface area (Å²) in [4.78, 5) is 28.3. The molecule has 0 spiro atoms. The van der Waals surface area contributed by atoms with Gasteiger partial charge in [0.05, 0.1) is 21.8 Å². The van der Waals surface area contributed by atoms with E-state index in [1.165, 1.54) is 18.2 Å². The van der Waals surface area contributed by atoms with Crippen LogP contribution >= 0.6 is 23.2 Å². The first-order chi connectivity index (χ1) is 19.9. The number of phenols is 1. The predicted molar refractivity (Wildman–Crippen MR) is 157 cm³/mol. The lowest BCUT2D eigenvalue weighted by atomic mass is 9.98. The monoisotopic (exact) mass is 618 g/mol. The summed E-state index contributed by atoms with van der Waals surface area (Å²) in [6.07, 6.45) is 2.83. The first kappa shape index (κ1) is 29.8. The maximum atomic E-state index is 13.7. The molecule has 1 aliphatic heterocycles. The van der Waals surface area contributed by atoms with Crippen molar-refractivity contribution in [2.45, 2.75) is 52.3 Å². The Bertz CT molecular complexity index is 1620. The van der Waals surface area contributed by atoms with Crippen molar-refractivity contribution < 1.29 is 23.4 Å². The van der Waals surface area contributed by atoms with Crippen molar-refractivity contribution in [2.75, 3.05) is 18.4 Å². The number of aromatic hydroxyl groups is 1. The third kappa shape index (κ3) is 6.68. The molecule has 0 radical (unpaired) electrons. The van der Waals surface area contributed by atoms with Crippen LogP contribution in [0.3, 0.4) is 0 Å². The van der Waals surface area contributed by atoms with Gasteiger partial charge in [0.2, 0.25) is 5.95 Å². The Morgan fingerprint density at radius 2 is 1.88 bits per heavy atom. The third-order valence-corrected chi connectivity index (χ3v) is 7.38. The highest BCUT2D eigenvalue weighted by molar-refractivity contribution is 6.39. The SMILES string of the molecule is CC(C)(C)OC(=O)N1CCCC(Cn2c(-c3c(Cl)cc(O)cc3Cl)nc3cnc(NCc4ccc(F)c(F)c4)nc32)C1. The number of rotatable bonds is 6. The van der Waals surface area contributed by atoms with E-state index in [-0.39, 0.29) is 40.3 Å². The van der Waals surface area contributed by atoms with Gasteiger partial charge in [-0.1, -0.05) is 29.3 Å². The number of benzene rings is 2. The number of nitrogens with zero attached hydrogens (tertiary/aromatic N) is 5. The smallest absolute Gasteiger partial charge is 0.410 e. The van der Waals surface area contributed by atoms with Crippen molar-refractivity contribution in [3.8, 4) is 17.1 Å². The van der Waals surface area contributed by atoms with Gasteiger partial charge in [0, 0.05) is 26.2 Å². The van der Waals surface area contributed by atoms with Crippen LogP contribution in [0, 0.1) is 17.6 Å². The zero-order valence-corrected chi connectivity index (χ0v) is 24.8. The summed E-state index contributed by atoms with van der Waals surface area (Å²) < 4.78 is 34.5. The fourth-order valence-electron chi connectivity index (χ4n) is 4.94. The molecule has 4 aromatic rings. The van der Waals surface area contributed by atoms with E-state index in [0.717, 1.165) is 25.0 Å². The maximum Gasteiger partial charge on any atom is 0.410 e. The number of hydrogen-bond acceptors (Lipinski definition) is 7. The van der Waals surface area contributed by atoms with E-state index in [4.69, 9.17) is 37.9 Å². The van der Waals surface area contributed by atoms with E-state index < -0.39 is 17.2 Å². The van der Waals surface area contributed by atoms with E-state index in [1.807, 2.05) is 25.3 Å². The van der Waals surface area contributed by atoms with Gasteiger partial charge in [0.25, 0.3) is 0 Å². The highest BCUT2D eigenvalue weighted by atomic mass is 35.5. The first-order valence-electron chi connectivity index (χ1n) is 13.5. The molecule has 1 aliphatic rings. The standard InChI is InChI=1S/C29H30Cl2F2N6O3/c1-29(2,3)42-28(41)38-8-4-5-17(14-38)15-39-25-23(36-26(39)24-19(30)10-18(40)11-20(24)31)13-35-27(37-25)34-12-16-6-7-21(32)22(33)9-16/h6-7,9-11,13,17,40H,4-5,8,12,14-15H2,1-3H3,(H,34,35,37). The highest BCUT2D eigenvalue weighted by Crippen LogP contribution is 2.39. The zero-order valence-electron chi connectivity index (χ0n) is 23.3. The zero-order chi connectivity index (χ0) is 30.2. The van der Waals surface area contributed by atoms with Gasteiger partial charge in [-0.05, 0) is 69.4 Å². The van der Waals surface area contributed by atoms with E-state index in [1.54, 1.807) is 11.1 Å². The average molecular weight is 620 g/mol. The summed E-state index contributed by atoms with van der Waals surface area (Å²) >= 11 is 13.1. The van der Waals surface area contributed by atoms with Crippen LogP contribution < -0.4 is 5.32 Å². The first-order valence-corrected chi connectivity index (χ1v) is 14.2. The number of amides is 1. The molecular formula is C29H30Cl2F2N6O3. The van der Waals surface area contributed by atoms with Crippen molar-refractivity contribution in [2.24, 2.45) is 5.92 Å². The Labute approximate surface area is 251 Å². The molecule has 1 saturated heterocycles. The molecule has 2 aromatic carbocycles. The number of piperidine rings is 1. The molecule has 13 heteroatoms. The lowest BCUT2D eigenvalue weighted by molar-refractivity contribution is 0.0158. The second kappa shape index (κ2) is 11.9. The molecular weight excluding hydrogens is 589 g/mol. The number of anilines is 1. The lowest BCUT2D eigenvalue weighted by Gasteiger charge is -2.34. The summed E-state index contributed by atoms with van der Waals surface area (Å²) in [6.45, 7) is 7.15. The van der Waals surface area contributed by atoms with Gasteiger partial charge in [-0.15, -0.1) is 0 Å². The number of likely N-dealkylation sites (tertiary alicyclic amines) is 1. The number of carbonyl (C=O) groups is 1. The van der Waals surface area contributed by atoms with Crippen LogP contribution in [-0.2, 0) is 17.8 Å². The predicted octanol–water partition coefficient (Wildman–Crippen LogP) is 7.04. The van der Waals surface area contributed by atoms with Crippen molar-refractivity contribution in [1.29, 1.82) is 0 Å². The van der Waals surface area contributed by atoms with Gasteiger partial charge < -0.3 is 24.6 Å². The molecule has 1 amide bonds. The fraction of sp³-hybridized carbons (Fsp3) is 0.379. The number of aromatic nitrogens is 4. The summed E-state index contributed by atoms with van der Waals surface area (Å²) in [6, 6.07) is 6.42. The fourth-order valence-corrected chi connectivity index (χ4v) is 5.58. The van der Waals surface area contributed by atoms with E-state index in [0.29, 0.717) is 47.7 Å². The van der Waals surface area contributed by atoms with Gasteiger partial charge in [0.1, 0.15) is 22.7 Å². The summed E-state index contributed by atoms with van der Waals surface area (Å²) in [5.41, 5.74) is 1.29. The number of imidazole rings is 1. The summed E-state index contributed by atoms with van der Waals surface area (Å²) in [5.74, 6) is -1.23. The molecule has 9 nitrogen and oxygen atoms in total. The largest absolute Gasteiger partial charge is 0.508 e. The van der Waals surface area contributed by atoms with Crippen LogP contribution in [0.4, 0.5) is 19.5 Å².